The summed E-state index contributed by atoms with van der Waals surface area (Å²) in [6.45, 7) is 1.84. The number of phenols is 1. The summed E-state index contributed by atoms with van der Waals surface area (Å²) in [7, 11) is 5.91. The Kier molecular flexibility index (Phi) is 7.40. The van der Waals surface area contributed by atoms with Gasteiger partial charge in [0.1, 0.15) is 12.7 Å². The first-order valence-corrected chi connectivity index (χ1v) is 8.63. The average Bonchev–Trinajstić information content (AvgIpc) is 2.72. The van der Waals surface area contributed by atoms with Crippen molar-refractivity contribution in [1.82, 2.24) is 0 Å². The second-order valence-corrected chi connectivity index (χ2v) is 5.86. The van der Waals surface area contributed by atoms with Crippen LogP contribution < -0.4 is 23.7 Å². The largest absolute Gasteiger partial charge is 0.502 e. The summed E-state index contributed by atoms with van der Waals surface area (Å²) >= 11 is 0. The summed E-state index contributed by atoms with van der Waals surface area (Å²) in [4.78, 5) is 0. The second kappa shape index (κ2) is 9.75. The standard InChI is InChI=1S/C21H26O7/c1-6-7-13-8-18(26-4)21(19(9-13)27-5)28-12-15(22)14-10-16(24-2)20(23)17(11-14)25-3/h6-11,15,22-23H,12H2,1-5H3/b7-6+. The fraction of sp³-hybridized carbons (Fsp3) is 0.333. The topological polar surface area (TPSA) is 86.6 Å². The molecule has 0 radical (unpaired) electrons. The molecule has 0 saturated heterocycles. The molecule has 0 aliphatic rings. The van der Waals surface area contributed by atoms with E-state index in [0.717, 1.165) is 5.56 Å². The van der Waals surface area contributed by atoms with Crippen molar-refractivity contribution in [3.63, 3.8) is 0 Å². The number of aliphatic hydroxyl groups is 1. The molecule has 0 amide bonds. The number of benzene rings is 2. The molecule has 2 aromatic carbocycles. The van der Waals surface area contributed by atoms with Crippen molar-refractivity contribution in [2.45, 2.75) is 13.0 Å². The summed E-state index contributed by atoms with van der Waals surface area (Å²) in [5.74, 6) is 1.61. The van der Waals surface area contributed by atoms with E-state index in [9.17, 15) is 10.2 Å². The summed E-state index contributed by atoms with van der Waals surface area (Å²) < 4.78 is 26.9. The molecule has 0 aliphatic carbocycles. The molecular formula is C21H26O7. The number of phenolic OH excluding ortho intramolecular Hbond substituents is 1. The van der Waals surface area contributed by atoms with Crippen molar-refractivity contribution in [3.8, 4) is 34.5 Å². The molecule has 2 aromatic rings. The van der Waals surface area contributed by atoms with E-state index in [4.69, 9.17) is 23.7 Å². The maximum Gasteiger partial charge on any atom is 0.203 e. The minimum Gasteiger partial charge on any atom is -0.502 e. The molecule has 0 heterocycles. The van der Waals surface area contributed by atoms with Crippen LogP contribution in [-0.2, 0) is 0 Å². The third-order valence-electron chi connectivity index (χ3n) is 4.11. The summed E-state index contributed by atoms with van der Waals surface area (Å²) in [5.41, 5.74) is 1.37. The van der Waals surface area contributed by atoms with Crippen molar-refractivity contribution >= 4 is 6.08 Å². The van der Waals surface area contributed by atoms with Crippen LogP contribution in [0.1, 0.15) is 24.2 Å². The maximum atomic E-state index is 10.6. The number of rotatable bonds is 9. The van der Waals surface area contributed by atoms with E-state index in [1.807, 2.05) is 31.2 Å². The van der Waals surface area contributed by atoms with Gasteiger partial charge in [-0.2, -0.15) is 0 Å². The molecule has 0 fully saturated rings. The highest BCUT2D eigenvalue weighted by atomic mass is 16.5. The highest BCUT2D eigenvalue weighted by molar-refractivity contribution is 5.62. The molecule has 0 saturated carbocycles. The first-order chi connectivity index (χ1) is 13.5. The number of methoxy groups -OCH3 is 4. The Morgan fingerprint density at radius 3 is 1.79 bits per heavy atom. The molecular weight excluding hydrogens is 364 g/mol. The first kappa shape index (κ1) is 21.2. The predicted molar refractivity (Wildman–Crippen MR) is 106 cm³/mol. The number of hydrogen-bond acceptors (Lipinski definition) is 7. The molecule has 1 unspecified atom stereocenters. The van der Waals surface area contributed by atoms with Gasteiger partial charge in [-0.1, -0.05) is 12.2 Å². The SMILES string of the molecule is C/C=C/c1cc(OC)c(OCC(O)c2cc(OC)c(O)c(OC)c2)c(OC)c1. The minimum absolute atomic E-state index is 0.0766. The van der Waals surface area contributed by atoms with Gasteiger partial charge in [-0.25, -0.2) is 0 Å². The molecule has 28 heavy (non-hydrogen) atoms. The number of aliphatic hydroxyl groups excluding tert-OH is 1. The Bertz CT molecular complexity index is 779. The third-order valence-corrected chi connectivity index (χ3v) is 4.11. The predicted octanol–water partition coefficient (Wildman–Crippen LogP) is 3.57. The van der Waals surface area contributed by atoms with E-state index in [1.165, 1.54) is 40.6 Å². The lowest BCUT2D eigenvalue weighted by molar-refractivity contribution is 0.104. The Balaban J connectivity index is 2.28. The normalized spacial score (nSPS) is 11.9. The molecule has 2 rings (SSSR count). The van der Waals surface area contributed by atoms with Crippen molar-refractivity contribution < 1.29 is 33.9 Å². The zero-order valence-corrected chi connectivity index (χ0v) is 16.7. The lowest BCUT2D eigenvalue weighted by atomic mass is 10.1. The summed E-state index contributed by atoms with van der Waals surface area (Å²) in [6.07, 6.45) is 2.82. The molecule has 7 nitrogen and oxygen atoms in total. The van der Waals surface area contributed by atoms with Gasteiger partial charge in [-0.05, 0) is 42.3 Å². The highest BCUT2D eigenvalue weighted by Gasteiger charge is 2.19. The average molecular weight is 390 g/mol. The van der Waals surface area contributed by atoms with E-state index in [1.54, 1.807) is 0 Å². The van der Waals surface area contributed by atoms with E-state index in [-0.39, 0.29) is 23.9 Å². The van der Waals surface area contributed by atoms with Gasteiger partial charge in [0.2, 0.25) is 11.5 Å². The van der Waals surface area contributed by atoms with Crippen molar-refractivity contribution in [2.75, 3.05) is 35.0 Å². The lowest BCUT2D eigenvalue weighted by Crippen LogP contribution is -2.11. The molecule has 152 valence electrons. The third kappa shape index (κ3) is 4.61. The van der Waals surface area contributed by atoms with Crippen LogP contribution in [0.15, 0.2) is 30.3 Å². The summed E-state index contributed by atoms with van der Waals surface area (Å²) in [6, 6.07) is 6.68. The fourth-order valence-electron chi connectivity index (χ4n) is 2.70. The molecule has 0 bridgehead atoms. The zero-order valence-electron chi connectivity index (χ0n) is 16.7. The number of hydrogen-bond donors (Lipinski definition) is 2. The number of aromatic hydroxyl groups is 1. The van der Waals surface area contributed by atoms with Crippen LogP contribution in [0.5, 0.6) is 34.5 Å². The van der Waals surface area contributed by atoms with Gasteiger partial charge in [0, 0.05) is 0 Å². The van der Waals surface area contributed by atoms with Crippen molar-refractivity contribution in [1.29, 1.82) is 0 Å². The Morgan fingerprint density at radius 2 is 1.36 bits per heavy atom. The quantitative estimate of drug-likeness (QED) is 0.677. The van der Waals surface area contributed by atoms with Gasteiger partial charge in [0.25, 0.3) is 0 Å². The summed E-state index contributed by atoms with van der Waals surface area (Å²) in [5, 5.41) is 20.6. The van der Waals surface area contributed by atoms with Crippen LogP contribution >= 0.6 is 0 Å². The van der Waals surface area contributed by atoms with Gasteiger partial charge in [-0.3, -0.25) is 0 Å². The van der Waals surface area contributed by atoms with Crippen LogP contribution in [-0.4, -0.2) is 45.3 Å². The van der Waals surface area contributed by atoms with E-state index in [2.05, 4.69) is 0 Å². The van der Waals surface area contributed by atoms with Gasteiger partial charge < -0.3 is 33.9 Å². The molecule has 0 aromatic heterocycles. The molecule has 2 N–H and O–H groups in total. The Labute approximate surface area is 164 Å². The molecule has 7 heteroatoms. The Morgan fingerprint density at radius 1 is 0.857 bits per heavy atom. The zero-order chi connectivity index (χ0) is 20.7. The molecule has 0 aliphatic heterocycles. The van der Waals surface area contributed by atoms with Crippen LogP contribution in [0, 0.1) is 0 Å². The van der Waals surface area contributed by atoms with E-state index >= 15 is 0 Å². The highest BCUT2D eigenvalue weighted by Crippen LogP contribution is 2.41. The van der Waals surface area contributed by atoms with Crippen molar-refractivity contribution in [2.24, 2.45) is 0 Å². The Hall–Kier alpha value is -3.06. The van der Waals surface area contributed by atoms with Gasteiger partial charge in [-0.15, -0.1) is 0 Å². The second-order valence-electron chi connectivity index (χ2n) is 5.86. The van der Waals surface area contributed by atoms with Crippen molar-refractivity contribution in [3.05, 3.63) is 41.5 Å². The smallest absolute Gasteiger partial charge is 0.203 e. The van der Waals surface area contributed by atoms with Crippen LogP contribution in [0.25, 0.3) is 6.08 Å². The maximum absolute atomic E-state index is 10.6. The fourth-order valence-corrected chi connectivity index (χ4v) is 2.70. The first-order valence-electron chi connectivity index (χ1n) is 8.63. The number of ether oxygens (including phenoxy) is 5. The van der Waals surface area contributed by atoms with Crippen LogP contribution in [0.2, 0.25) is 0 Å². The minimum atomic E-state index is -1.01. The monoisotopic (exact) mass is 390 g/mol. The van der Waals surface area contributed by atoms with E-state index < -0.39 is 6.10 Å². The number of allylic oxidation sites excluding steroid dienone is 1. The van der Waals surface area contributed by atoms with Gasteiger partial charge >= 0.3 is 0 Å². The van der Waals surface area contributed by atoms with Crippen LogP contribution in [0.3, 0.4) is 0 Å². The van der Waals surface area contributed by atoms with Gasteiger partial charge in [0.15, 0.2) is 23.0 Å². The lowest BCUT2D eigenvalue weighted by Gasteiger charge is -2.19. The van der Waals surface area contributed by atoms with Crippen LogP contribution in [0.4, 0.5) is 0 Å². The molecule has 0 spiro atoms. The molecule has 1 atom stereocenters. The van der Waals surface area contributed by atoms with E-state index in [0.29, 0.717) is 22.8 Å². The van der Waals surface area contributed by atoms with Gasteiger partial charge in [0.05, 0.1) is 28.4 Å².